The van der Waals surface area contributed by atoms with Gasteiger partial charge in [-0.2, -0.15) is 0 Å². The first-order chi connectivity index (χ1) is 10.1. The minimum absolute atomic E-state index is 0.0572. The van der Waals surface area contributed by atoms with Gasteiger partial charge in [-0.1, -0.05) is 19.1 Å². The lowest BCUT2D eigenvalue weighted by molar-refractivity contribution is 0.0949. The smallest absolute Gasteiger partial charge is 0.251 e. The van der Waals surface area contributed by atoms with Crippen molar-refractivity contribution in [3.63, 3.8) is 0 Å². The molecule has 1 amide bonds. The van der Waals surface area contributed by atoms with E-state index >= 15 is 0 Å². The predicted molar refractivity (Wildman–Crippen MR) is 84.8 cm³/mol. The van der Waals surface area contributed by atoms with E-state index in [0.29, 0.717) is 12.1 Å². The summed E-state index contributed by atoms with van der Waals surface area (Å²) in [5.41, 5.74) is 1.36. The third-order valence-electron chi connectivity index (χ3n) is 3.08. The monoisotopic (exact) mass is 291 g/mol. The van der Waals surface area contributed by atoms with Crippen molar-refractivity contribution in [1.82, 2.24) is 15.2 Å². The van der Waals surface area contributed by atoms with E-state index in [1.54, 1.807) is 43.4 Å². The number of amides is 1. The van der Waals surface area contributed by atoms with Crippen LogP contribution in [0.3, 0.4) is 0 Å². The number of carbonyl (C=O) groups excluding carboxylic acids is 1. The molecule has 1 rings (SSSR count). The van der Waals surface area contributed by atoms with Gasteiger partial charge < -0.3 is 10.2 Å². The van der Waals surface area contributed by atoms with Gasteiger partial charge in [0.05, 0.1) is 5.69 Å². The number of nitrogens with zero attached hydrogens (tertiary/aromatic N) is 4. The lowest BCUT2D eigenvalue weighted by Crippen LogP contribution is -2.34. The van der Waals surface area contributed by atoms with Gasteiger partial charge in [-0.05, 0) is 37.4 Å². The zero-order chi connectivity index (χ0) is 15.7. The Morgan fingerprint density at radius 3 is 2.29 bits per heavy atom. The van der Waals surface area contributed by atoms with E-state index in [1.807, 2.05) is 0 Å². The average Bonchev–Trinajstić information content (AvgIpc) is 2.50. The molecule has 0 saturated carbocycles. The first kappa shape index (κ1) is 17.1. The summed E-state index contributed by atoms with van der Waals surface area (Å²) in [4.78, 5) is 14.3. The minimum Gasteiger partial charge on any atom is -0.351 e. The van der Waals surface area contributed by atoms with Gasteiger partial charge in [0.2, 0.25) is 0 Å². The highest BCUT2D eigenvalue weighted by Gasteiger charge is 2.05. The molecule has 0 radical (unpaired) electrons. The second-order valence-corrected chi connectivity index (χ2v) is 4.87. The van der Waals surface area contributed by atoms with Crippen LogP contribution in [0.15, 0.2) is 34.6 Å². The maximum atomic E-state index is 12.0. The Hall–Kier alpha value is -1.95. The summed E-state index contributed by atoms with van der Waals surface area (Å²) in [5.74, 6) is -0.0572. The molecule has 6 nitrogen and oxygen atoms in total. The van der Waals surface area contributed by atoms with Crippen LogP contribution >= 0.6 is 0 Å². The molecule has 0 aliphatic rings. The number of hydrogen-bond acceptors (Lipinski definition) is 4. The summed E-state index contributed by atoms with van der Waals surface area (Å²) in [5, 5.41) is 12.5. The molecule has 6 heteroatoms. The van der Waals surface area contributed by atoms with Gasteiger partial charge in [-0.3, -0.25) is 9.80 Å². The van der Waals surface area contributed by atoms with Crippen molar-refractivity contribution in [3.8, 4) is 0 Å². The number of carbonyl (C=O) groups is 1. The van der Waals surface area contributed by atoms with Crippen molar-refractivity contribution in [2.45, 2.75) is 13.8 Å². The quantitative estimate of drug-likeness (QED) is 0.590. The van der Waals surface area contributed by atoms with E-state index in [9.17, 15) is 4.79 Å². The Morgan fingerprint density at radius 1 is 1.14 bits per heavy atom. The molecule has 1 aromatic carbocycles. The first-order valence-electron chi connectivity index (χ1n) is 7.26. The molecule has 21 heavy (non-hydrogen) atoms. The molecule has 0 fully saturated rings. The van der Waals surface area contributed by atoms with Crippen LogP contribution < -0.4 is 5.32 Å². The van der Waals surface area contributed by atoms with E-state index in [4.69, 9.17) is 0 Å². The van der Waals surface area contributed by atoms with E-state index < -0.39 is 0 Å². The normalized spacial score (nSPS) is 11.1. The summed E-state index contributed by atoms with van der Waals surface area (Å²) in [6.07, 6.45) is 0. The second kappa shape index (κ2) is 9.07. The second-order valence-electron chi connectivity index (χ2n) is 4.87. The summed E-state index contributed by atoms with van der Waals surface area (Å²) < 4.78 is 0. The first-order valence-corrected chi connectivity index (χ1v) is 7.26. The van der Waals surface area contributed by atoms with Crippen LogP contribution in [0.5, 0.6) is 0 Å². The topological polar surface area (TPSA) is 60.3 Å². The molecule has 0 aromatic heterocycles. The van der Waals surface area contributed by atoms with E-state index in [2.05, 4.69) is 34.4 Å². The number of nitrogens with one attached hydrogen (secondary N) is 1. The number of likely N-dealkylation sites (N-methyl/N-ethyl adjacent to an activating group) is 1. The Kier molecular flexibility index (Phi) is 7.39. The van der Waals surface area contributed by atoms with Crippen molar-refractivity contribution >= 4 is 11.6 Å². The largest absolute Gasteiger partial charge is 0.351 e. The fourth-order valence-corrected chi connectivity index (χ4v) is 1.79. The summed E-state index contributed by atoms with van der Waals surface area (Å²) in [6.45, 7) is 7.75. The predicted octanol–water partition coefficient (Wildman–Crippen LogP) is 2.32. The van der Waals surface area contributed by atoms with Crippen LogP contribution in [0.25, 0.3) is 0 Å². The van der Waals surface area contributed by atoms with Gasteiger partial charge >= 0.3 is 0 Å². The van der Waals surface area contributed by atoms with Gasteiger partial charge in [0.15, 0.2) is 0 Å². The van der Waals surface area contributed by atoms with Gasteiger partial charge in [-0.25, -0.2) is 0 Å². The molecule has 0 spiro atoms. The Labute approximate surface area is 126 Å². The summed E-state index contributed by atoms with van der Waals surface area (Å²) >= 11 is 0. The molecule has 0 unspecified atom stereocenters. The highest BCUT2D eigenvalue weighted by atomic mass is 16.1. The van der Waals surface area contributed by atoms with Crippen LogP contribution in [-0.2, 0) is 0 Å². The molecule has 1 aromatic rings. The molecule has 116 valence electrons. The third kappa shape index (κ3) is 6.35. The lowest BCUT2D eigenvalue weighted by atomic mass is 10.2. The fraction of sp³-hybridized carbons (Fsp3) is 0.533. The van der Waals surface area contributed by atoms with Crippen LogP contribution in [0.1, 0.15) is 24.2 Å². The van der Waals surface area contributed by atoms with Crippen molar-refractivity contribution in [1.29, 1.82) is 0 Å². The van der Waals surface area contributed by atoms with E-state index in [-0.39, 0.29) is 5.91 Å². The Morgan fingerprint density at radius 2 is 1.76 bits per heavy atom. The zero-order valence-corrected chi connectivity index (χ0v) is 13.3. The minimum atomic E-state index is -0.0572. The van der Waals surface area contributed by atoms with Gasteiger partial charge in [0.1, 0.15) is 0 Å². The number of rotatable bonds is 8. The molecule has 0 heterocycles. The molecule has 0 aliphatic carbocycles. The lowest BCUT2D eigenvalue weighted by Gasteiger charge is -2.17. The summed E-state index contributed by atoms with van der Waals surface area (Å²) in [7, 11) is 3.61. The zero-order valence-electron chi connectivity index (χ0n) is 13.3. The Balaban J connectivity index is 2.48. The number of hydrogen-bond donors (Lipinski definition) is 1. The van der Waals surface area contributed by atoms with Crippen molar-refractivity contribution < 1.29 is 4.79 Å². The molecule has 0 aliphatic heterocycles. The third-order valence-corrected chi connectivity index (χ3v) is 3.08. The molecule has 1 N–H and O–H groups in total. The standard InChI is InChI=1S/C15H25N5O/c1-5-20(6-2)12-11-16-15(21)13-7-9-14(10-8-13)17-18-19(3)4/h7-10H,5-6,11-12H2,1-4H3,(H,16,21). The van der Waals surface area contributed by atoms with E-state index in [1.165, 1.54) is 0 Å². The van der Waals surface area contributed by atoms with Crippen LogP contribution in [0.2, 0.25) is 0 Å². The molecular weight excluding hydrogens is 266 g/mol. The molecule has 0 bridgehead atoms. The average molecular weight is 291 g/mol. The SMILES string of the molecule is CCN(CC)CCNC(=O)c1ccc(N=NN(C)C)cc1. The summed E-state index contributed by atoms with van der Waals surface area (Å²) in [6, 6.07) is 7.09. The molecular formula is C15H25N5O. The van der Waals surface area contributed by atoms with Crippen LogP contribution in [0.4, 0.5) is 5.69 Å². The number of benzene rings is 1. The van der Waals surface area contributed by atoms with Crippen molar-refractivity contribution in [2.75, 3.05) is 40.3 Å². The van der Waals surface area contributed by atoms with Crippen molar-refractivity contribution in [2.24, 2.45) is 10.3 Å². The van der Waals surface area contributed by atoms with E-state index in [0.717, 1.165) is 25.3 Å². The van der Waals surface area contributed by atoms with Gasteiger partial charge in [-0.15, -0.1) is 5.11 Å². The Bertz CT molecular complexity index is 452. The molecule has 0 saturated heterocycles. The highest BCUT2D eigenvalue weighted by molar-refractivity contribution is 5.94. The highest BCUT2D eigenvalue weighted by Crippen LogP contribution is 2.13. The van der Waals surface area contributed by atoms with Gasteiger partial charge in [0.25, 0.3) is 5.91 Å². The maximum Gasteiger partial charge on any atom is 0.251 e. The van der Waals surface area contributed by atoms with Gasteiger partial charge in [0, 0.05) is 32.7 Å². The van der Waals surface area contributed by atoms with Crippen LogP contribution in [-0.4, -0.2) is 56.1 Å². The molecule has 0 atom stereocenters. The van der Waals surface area contributed by atoms with Crippen molar-refractivity contribution in [3.05, 3.63) is 29.8 Å². The fourth-order valence-electron chi connectivity index (χ4n) is 1.79. The van der Waals surface area contributed by atoms with Crippen LogP contribution in [0, 0.1) is 0 Å². The maximum absolute atomic E-state index is 12.0.